The Morgan fingerprint density at radius 3 is 2.60 bits per heavy atom. The van der Waals surface area contributed by atoms with E-state index in [0.717, 1.165) is 0 Å². The van der Waals surface area contributed by atoms with E-state index >= 15 is 0 Å². The number of hydrogen-bond donors (Lipinski definition) is 1. The molecule has 2 heterocycles. The van der Waals surface area contributed by atoms with Gasteiger partial charge in [-0.05, 0) is 37.0 Å². The molecule has 0 spiro atoms. The maximum atomic E-state index is 4.31. The largest absolute Gasteiger partial charge is 0.361 e. The highest BCUT2D eigenvalue weighted by atomic mass is 14.7. The Morgan fingerprint density at radius 2 is 1.90 bits per heavy atom. The van der Waals surface area contributed by atoms with Crippen molar-refractivity contribution in [2.24, 2.45) is 0 Å². The fourth-order valence-corrected chi connectivity index (χ4v) is 3.47. The highest BCUT2D eigenvalue weighted by molar-refractivity contribution is 5.84. The van der Waals surface area contributed by atoms with Gasteiger partial charge in [0.25, 0.3) is 0 Å². The molecule has 3 aromatic rings. The fourth-order valence-electron chi connectivity index (χ4n) is 3.47. The Morgan fingerprint density at radius 1 is 1.10 bits per heavy atom. The predicted molar refractivity (Wildman–Crippen MR) is 81.9 cm³/mol. The van der Waals surface area contributed by atoms with Crippen LogP contribution in [0.1, 0.15) is 36.0 Å². The average molecular weight is 262 g/mol. The van der Waals surface area contributed by atoms with E-state index in [2.05, 4.69) is 53.4 Å². The third-order valence-corrected chi connectivity index (χ3v) is 4.81. The molecule has 0 aliphatic heterocycles. The third kappa shape index (κ3) is 1.54. The lowest BCUT2D eigenvalue weighted by Gasteiger charge is -2.42. The molecule has 0 bridgehead atoms. The quantitative estimate of drug-likeness (QED) is 0.731. The lowest BCUT2D eigenvalue weighted by molar-refractivity contribution is 0.304. The second-order valence-corrected chi connectivity index (χ2v) is 5.93. The minimum absolute atomic E-state index is 0.189. The van der Waals surface area contributed by atoms with Crippen molar-refractivity contribution in [1.29, 1.82) is 0 Å². The number of pyridine rings is 1. The second kappa shape index (κ2) is 4.20. The number of H-pyrrole nitrogens is 1. The molecule has 0 unspecified atom stereocenters. The minimum atomic E-state index is 0.189. The summed E-state index contributed by atoms with van der Waals surface area (Å²) >= 11 is 0. The van der Waals surface area contributed by atoms with Crippen molar-refractivity contribution in [3.8, 4) is 0 Å². The van der Waals surface area contributed by atoms with Crippen molar-refractivity contribution in [3.05, 3.63) is 65.6 Å². The lowest BCUT2D eigenvalue weighted by Crippen LogP contribution is -2.35. The minimum Gasteiger partial charge on any atom is -0.361 e. The van der Waals surface area contributed by atoms with E-state index in [9.17, 15) is 0 Å². The summed E-state index contributed by atoms with van der Waals surface area (Å²) < 4.78 is 0. The summed E-state index contributed by atoms with van der Waals surface area (Å²) in [6.07, 6.45) is 9.80. The summed E-state index contributed by atoms with van der Waals surface area (Å²) in [7, 11) is 0. The van der Waals surface area contributed by atoms with Crippen LogP contribution in [0.2, 0.25) is 0 Å². The summed E-state index contributed by atoms with van der Waals surface area (Å²) in [6, 6.07) is 11.1. The molecule has 100 valence electrons. The van der Waals surface area contributed by atoms with Crippen molar-refractivity contribution < 1.29 is 0 Å². The Hall–Kier alpha value is -2.09. The number of hydrogen-bond acceptors (Lipinski definition) is 1. The molecule has 1 saturated carbocycles. The molecule has 1 N–H and O–H groups in total. The van der Waals surface area contributed by atoms with Gasteiger partial charge in [-0.15, -0.1) is 0 Å². The molecule has 1 fully saturated rings. The monoisotopic (exact) mass is 262 g/mol. The molecule has 2 aromatic heterocycles. The Labute approximate surface area is 118 Å². The predicted octanol–water partition coefficient (Wildman–Crippen LogP) is 4.34. The Kier molecular flexibility index (Phi) is 2.46. The molecule has 1 aromatic carbocycles. The zero-order valence-electron chi connectivity index (χ0n) is 11.7. The molecule has 1 aliphatic rings. The summed E-state index contributed by atoms with van der Waals surface area (Å²) in [5.41, 5.74) is 5.56. The van der Waals surface area contributed by atoms with Crippen molar-refractivity contribution in [1.82, 2.24) is 9.97 Å². The fraction of sp³-hybridized carbons (Fsp3) is 0.278. The van der Waals surface area contributed by atoms with Gasteiger partial charge < -0.3 is 4.98 Å². The van der Waals surface area contributed by atoms with Crippen LogP contribution in [0.5, 0.6) is 0 Å². The molecular formula is C18H18N2. The first-order valence-electron chi connectivity index (χ1n) is 7.28. The van der Waals surface area contributed by atoms with Crippen LogP contribution in [-0.2, 0) is 5.41 Å². The van der Waals surface area contributed by atoms with E-state index in [4.69, 9.17) is 0 Å². The van der Waals surface area contributed by atoms with Crippen molar-refractivity contribution >= 4 is 10.9 Å². The molecule has 2 nitrogen and oxygen atoms in total. The number of aromatic nitrogens is 2. The normalized spacial score (nSPS) is 17.1. The van der Waals surface area contributed by atoms with Gasteiger partial charge in [-0.2, -0.15) is 0 Å². The van der Waals surface area contributed by atoms with Crippen molar-refractivity contribution in [2.45, 2.75) is 31.6 Å². The topological polar surface area (TPSA) is 28.7 Å². The number of benzene rings is 1. The van der Waals surface area contributed by atoms with Gasteiger partial charge in [0.05, 0.1) is 0 Å². The van der Waals surface area contributed by atoms with Gasteiger partial charge in [-0.1, -0.05) is 36.2 Å². The van der Waals surface area contributed by atoms with E-state index in [0.29, 0.717) is 0 Å². The number of nitrogens with one attached hydrogen (secondary N) is 1. The molecule has 20 heavy (non-hydrogen) atoms. The smallest absolute Gasteiger partial charge is 0.0488 e. The van der Waals surface area contributed by atoms with Gasteiger partial charge in [0.2, 0.25) is 0 Å². The van der Waals surface area contributed by atoms with E-state index in [1.165, 1.54) is 46.9 Å². The molecule has 0 radical (unpaired) electrons. The van der Waals surface area contributed by atoms with Crippen LogP contribution in [0.4, 0.5) is 0 Å². The molecule has 2 heteroatoms. The van der Waals surface area contributed by atoms with Gasteiger partial charge in [0.15, 0.2) is 0 Å². The highest BCUT2D eigenvalue weighted by Gasteiger charge is 2.41. The standard InChI is InChI=1S/C18H18N2/c1-13-3-5-14(6-4-13)18(8-2-9-18)16-12-20-17-7-10-19-11-15(16)17/h3-7,10-12,20H,2,8-9H2,1H3. The van der Waals surface area contributed by atoms with Gasteiger partial charge >= 0.3 is 0 Å². The summed E-state index contributed by atoms with van der Waals surface area (Å²) in [4.78, 5) is 7.71. The van der Waals surface area contributed by atoms with E-state index < -0.39 is 0 Å². The first-order valence-corrected chi connectivity index (χ1v) is 7.28. The second-order valence-electron chi connectivity index (χ2n) is 5.93. The maximum absolute atomic E-state index is 4.31. The number of nitrogens with zero attached hydrogens (tertiary/aromatic N) is 1. The van der Waals surface area contributed by atoms with Crippen LogP contribution in [-0.4, -0.2) is 9.97 Å². The van der Waals surface area contributed by atoms with E-state index in [1.807, 2.05) is 12.4 Å². The summed E-state index contributed by atoms with van der Waals surface area (Å²) in [6.45, 7) is 2.15. The molecule has 0 saturated heterocycles. The van der Waals surface area contributed by atoms with E-state index in [-0.39, 0.29) is 5.41 Å². The Bertz CT molecular complexity index is 748. The molecule has 0 amide bonds. The van der Waals surface area contributed by atoms with Crippen LogP contribution in [0, 0.1) is 6.92 Å². The molecular weight excluding hydrogens is 244 g/mol. The third-order valence-electron chi connectivity index (χ3n) is 4.81. The highest BCUT2D eigenvalue weighted by Crippen LogP contribution is 2.50. The molecule has 0 atom stereocenters. The zero-order chi connectivity index (χ0) is 13.6. The summed E-state index contributed by atoms with van der Waals surface area (Å²) in [5, 5.41) is 1.27. The Balaban J connectivity index is 1.91. The molecule has 4 rings (SSSR count). The molecule has 1 aliphatic carbocycles. The van der Waals surface area contributed by atoms with Crippen LogP contribution >= 0.6 is 0 Å². The van der Waals surface area contributed by atoms with Crippen LogP contribution in [0.15, 0.2) is 48.9 Å². The first-order chi connectivity index (χ1) is 9.79. The summed E-state index contributed by atoms with van der Waals surface area (Å²) in [5.74, 6) is 0. The van der Waals surface area contributed by atoms with Crippen LogP contribution < -0.4 is 0 Å². The number of aromatic amines is 1. The average Bonchev–Trinajstić information content (AvgIpc) is 2.84. The maximum Gasteiger partial charge on any atom is 0.0488 e. The SMILES string of the molecule is Cc1ccc(C2(c3c[nH]c4ccncc34)CCC2)cc1. The van der Waals surface area contributed by atoms with Crippen molar-refractivity contribution in [3.63, 3.8) is 0 Å². The van der Waals surface area contributed by atoms with Gasteiger partial charge in [0.1, 0.15) is 0 Å². The zero-order valence-corrected chi connectivity index (χ0v) is 11.7. The van der Waals surface area contributed by atoms with E-state index in [1.54, 1.807) is 0 Å². The first kappa shape index (κ1) is 11.7. The lowest BCUT2D eigenvalue weighted by atomic mass is 9.60. The van der Waals surface area contributed by atoms with Gasteiger partial charge in [-0.3, -0.25) is 4.98 Å². The number of fused-ring (bicyclic) bond motifs is 1. The number of rotatable bonds is 2. The van der Waals surface area contributed by atoms with Crippen LogP contribution in [0.25, 0.3) is 10.9 Å². The van der Waals surface area contributed by atoms with Crippen molar-refractivity contribution in [2.75, 3.05) is 0 Å². The van der Waals surface area contributed by atoms with Gasteiger partial charge in [0, 0.05) is 34.9 Å². The van der Waals surface area contributed by atoms with Gasteiger partial charge in [-0.25, -0.2) is 0 Å². The number of aryl methyl sites for hydroxylation is 1. The van der Waals surface area contributed by atoms with Crippen LogP contribution in [0.3, 0.4) is 0 Å².